The summed E-state index contributed by atoms with van der Waals surface area (Å²) in [7, 11) is 0. The summed E-state index contributed by atoms with van der Waals surface area (Å²) >= 11 is 0. The number of hydrogen-bond acceptors (Lipinski definition) is 9. The van der Waals surface area contributed by atoms with Gasteiger partial charge in [-0.05, 0) is 0 Å². The largest absolute Gasteiger partial charge is 0.394 e. The maximum atomic E-state index is 11.6. The Bertz CT molecular complexity index is 532. The molecule has 10 nitrogen and oxygen atoms in total. The van der Waals surface area contributed by atoms with Gasteiger partial charge in [-0.15, -0.1) is 0 Å². The molecule has 1 fully saturated rings. The number of nitrogens with zero attached hydrogens (tertiary/aromatic N) is 4. The minimum absolute atomic E-state index is 0.178. The van der Waals surface area contributed by atoms with Gasteiger partial charge < -0.3 is 25.8 Å². The first-order valence-corrected chi connectivity index (χ1v) is 5.93. The highest BCUT2D eigenvalue weighted by Gasteiger charge is 2.49. The number of aliphatic hydroxyl groups is 3. The maximum absolute atomic E-state index is 11.6. The van der Waals surface area contributed by atoms with E-state index < -0.39 is 43.1 Å². The van der Waals surface area contributed by atoms with E-state index in [2.05, 4.69) is 15.0 Å². The Morgan fingerprint density at radius 1 is 1.35 bits per heavy atom. The molecule has 0 aromatic heterocycles. The number of carbonyl (C=O) groups is 1. The lowest BCUT2D eigenvalue weighted by molar-refractivity contribution is -0.117. The van der Waals surface area contributed by atoms with E-state index in [-0.39, 0.29) is 11.8 Å². The Morgan fingerprint density at radius 2 is 2.10 bits per heavy atom. The molecule has 0 aromatic rings. The van der Waals surface area contributed by atoms with Crippen LogP contribution in [0.2, 0.25) is 0 Å². The molecule has 5 N–H and O–H groups in total. The van der Waals surface area contributed by atoms with Crippen LogP contribution in [-0.2, 0) is 9.53 Å². The molecule has 0 saturated carbocycles. The van der Waals surface area contributed by atoms with Crippen LogP contribution in [0.25, 0.3) is 0 Å². The van der Waals surface area contributed by atoms with Crippen molar-refractivity contribution in [2.75, 3.05) is 6.61 Å². The molecule has 3 aliphatic rings. The Labute approximate surface area is 112 Å². The second-order valence-electron chi connectivity index (χ2n) is 4.58. The van der Waals surface area contributed by atoms with Crippen molar-refractivity contribution in [1.82, 2.24) is 4.90 Å². The van der Waals surface area contributed by atoms with Gasteiger partial charge in [0.15, 0.2) is 18.1 Å². The molecule has 0 bridgehead atoms. The van der Waals surface area contributed by atoms with Crippen molar-refractivity contribution < 1.29 is 24.9 Å². The third kappa shape index (κ3) is 1.81. The topological polar surface area (TPSA) is 153 Å². The molecular weight excluding hydrogens is 270 g/mol. The number of guanidine groups is 1. The predicted molar refractivity (Wildman–Crippen MR) is 65.9 cm³/mol. The summed E-state index contributed by atoms with van der Waals surface area (Å²) in [6, 6.07) is -0.914. The lowest BCUT2D eigenvalue weighted by atomic mass is 10.1. The molecule has 10 heteroatoms. The van der Waals surface area contributed by atoms with Gasteiger partial charge in [0.2, 0.25) is 5.96 Å². The molecule has 1 saturated heterocycles. The van der Waals surface area contributed by atoms with Gasteiger partial charge in [0.05, 0.1) is 12.9 Å². The summed E-state index contributed by atoms with van der Waals surface area (Å²) < 4.78 is 5.35. The van der Waals surface area contributed by atoms with Crippen molar-refractivity contribution in [1.29, 1.82) is 0 Å². The van der Waals surface area contributed by atoms with Gasteiger partial charge >= 0.3 is 0 Å². The normalized spacial score (nSPS) is 39.9. The first kappa shape index (κ1) is 13.1. The van der Waals surface area contributed by atoms with Gasteiger partial charge in [-0.3, -0.25) is 14.7 Å². The molecule has 0 radical (unpaired) electrons. The zero-order chi connectivity index (χ0) is 14.4. The second kappa shape index (κ2) is 4.59. The van der Waals surface area contributed by atoms with E-state index >= 15 is 0 Å². The highest BCUT2D eigenvalue weighted by atomic mass is 16.6. The molecule has 3 heterocycles. The monoisotopic (exact) mass is 283 g/mol. The number of amidine groups is 1. The number of ether oxygens (including phenoxy) is 1. The SMILES string of the molecule is NC1=NC(=O)C2N=CN([C@H]3O[C@H](CO)[C@H](O)[C@@H]3O)C2=N1. The number of carbonyl (C=O) groups excluding carboxylic acids is 1. The molecule has 1 amide bonds. The predicted octanol–water partition coefficient (Wildman–Crippen LogP) is -3.61. The van der Waals surface area contributed by atoms with Crippen molar-refractivity contribution in [3.05, 3.63) is 0 Å². The van der Waals surface area contributed by atoms with Crippen molar-refractivity contribution in [3.63, 3.8) is 0 Å². The number of nitrogens with two attached hydrogens (primary N) is 1. The number of hydrogen-bond donors (Lipinski definition) is 4. The summed E-state index contributed by atoms with van der Waals surface area (Å²) in [4.78, 5) is 24.3. The molecule has 1 unspecified atom stereocenters. The van der Waals surface area contributed by atoms with Crippen molar-refractivity contribution in [3.8, 4) is 0 Å². The van der Waals surface area contributed by atoms with E-state index in [4.69, 9.17) is 15.6 Å². The van der Waals surface area contributed by atoms with Gasteiger partial charge in [0, 0.05) is 0 Å². The van der Waals surface area contributed by atoms with E-state index in [1.54, 1.807) is 0 Å². The average molecular weight is 283 g/mol. The van der Waals surface area contributed by atoms with Gasteiger partial charge in [-0.2, -0.15) is 9.98 Å². The number of fused-ring (bicyclic) bond motifs is 1. The van der Waals surface area contributed by atoms with Crippen LogP contribution in [0.1, 0.15) is 0 Å². The van der Waals surface area contributed by atoms with Crippen LogP contribution in [0.4, 0.5) is 0 Å². The lowest BCUT2D eigenvalue weighted by Gasteiger charge is -2.27. The molecule has 0 spiro atoms. The van der Waals surface area contributed by atoms with Crippen LogP contribution in [0.3, 0.4) is 0 Å². The smallest absolute Gasteiger partial charge is 0.281 e. The Hall–Kier alpha value is -1.88. The summed E-state index contributed by atoms with van der Waals surface area (Å²) in [6.07, 6.45) is -3.18. The van der Waals surface area contributed by atoms with Gasteiger partial charge in [0.25, 0.3) is 5.91 Å². The summed E-state index contributed by atoms with van der Waals surface area (Å²) in [5, 5.41) is 28.7. The van der Waals surface area contributed by atoms with E-state index in [0.717, 1.165) is 0 Å². The fraction of sp³-hybridized carbons (Fsp3) is 0.600. The minimum Gasteiger partial charge on any atom is -0.394 e. The van der Waals surface area contributed by atoms with E-state index in [1.807, 2.05) is 0 Å². The average Bonchev–Trinajstić information content (AvgIpc) is 2.93. The number of aliphatic imine (C=N–C) groups is 3. The van der Waals surface area contributed by atoms with Gasteiger partial charge in [-0.25, -0.2) is 0 Å². The maximum Gasteiger partial charge on any atom is 0.281 e. The number of amides is 1. The molecular formula is C10H13N5O5. The van der Waals surface area contributed by atoms with Crippen LogP contribution in [0.15, 0.2) is 15.0 Å². The van der Waals surface area contributed by atoms with Gasteiger partial charge in [-0.1, -0.05) is 0 Å². The quantitative estimate of drug-likeness (QED) is 0.408. The third-order valence-electron chi connectivity index (χ3n) is 3.33. The third-order valence-corrected chi connectivity index (χ3v) is 3.33. The van der Waals surface area contributed by atoms with Crippen molar-refractivity contribution >= 4 is 24.0 Å². The molecule has 108 valence electrons. The highest BCUT2D eigenvalue weighted by molar-refractivity contribution is 6.21. The minimum atomic E-state index is -1.28. The van der Waals surface area contributed by atoms with Crippen LogP contribution < -0.4 is 5.73 Å². The van der Waals surface area contributed by atoms with Crippen LogP contribution in [0, 0.1) is 0 Å². The van der Waals surface area contributed by atoms with E-state index in [0.29, 0.717) is 0 Å². The zero-order valence-electron chi connectivity index (χ0n) is 10.2. The first-order chi connectivity index (χ1) is 9.52. The second-order valence-corrected chi connectivity index (χ2v) is 4.58. The molecule has 3 rings (SSSR count). The van der Waals surface area contributed by atoms with Crippen LogP contribution in [-0.4, -0.2) is 81.4 Å². The molecule has 5 atom stereocenters. The van der Waals surface area contributed by atoms with E-state index in [1.165, 1.54) is 11.2 Å². The molecule has 20 heavy (non-hydrogen) atoms. The summed E-state index contributed by atoms with van der Waals surface area (Å²) in [6.45, 7) is -0.446. The van der Waals surface area contributed by atoms with E-state index in [9.17, 15) is 15.0 Å². The lowest BCUT2D eigenvalue weighted by Crippen LogP contribution is -2.49. The Morgan fingerprint density at radius 3 is 2.75 bits per heavy atom. The van der Waals surface area contributed by atoms with Crippen LogP contribution >= 0.6 is 0 Å². The fourth-order valence-corrected chi connectivity index (χ4v) is 2.32. The number of aliphatic hydroxyl groups excluding tert-OH is 3. The molecule has 0 aromatic carbocycles. The van der Waals surface area contributed by atoms with Crippen molar-refractivity contribution in [2.45, 2.75) is 30.6 Å². The fourth-order valence-electron chi connectivity index (χ4n) is 2.32. The number of rotatable bonds is 2. The van der Waals surface area contributed by atoms with Gasteiger partial charge in [0.1, 0.15) is 18.3 Å². The highest BCUT2D eigenvalue weighted by Crippen LogP contribution is 2.27. The Kier molecular flexibility index (Phi) is 3.01. The standard InChI is InChI=1S/C10H13N5O5/c11-10-13-7-4(8(19)14-10)12-2-15(7)9-6(18)5(17)3(1-16)20-9/h2-6,9,16-18H,1H2,(H2,11,14,19)/t3-,4?,5+,6+,9+/m1/s1. The molecule has 3 aliphatic heterocycles. The first-order valence-electron chi connectivity index (χ1n) is 5.93. The zero-order valence-corrected chi connectivity index (χ0v) is 10.2. The summed E-state index contributed by atoms with van der Waals surface area (Å²) in [5.41, 5.74) is 5.42. The summed E-state index contributed by atoms with van der Waals surface area (Å²) in [5.74, 6) is -0.584. The van der Waals surface area contributed by atoms with Crippen molar-refractivity contribution in [2.24, 2.45) is 20.7 Å². The van der Waals surface area contributed by atoms with Crippen LogP contribution in [0.5, 0.6) is 0 Å². The Balaban J connectivity index is 1.87. The molecule has 0 aliphatic carbocycles.